The van der Waals surface area contributed by atoms with Crippen LogP contribution in [0.15, 0.2) is 77.8 Å². The van der Waals surface area contributed by atoms with Crippen molar-refractivity contribution in [3.05, 3.63) is 89.7 Å². The van der Waals surface area contributed by atoms with E-state index in [1.165, 1.54) is 34.4 Å². The van der Waals surface area contributed by atoms with Gasteiger partial charge in [-0.3, -0.25) is 4.90 Å². The monoisotopic (exact) mass is 427 g/mol. The summed E-state index contributed by atoms with van der Waals surface area (Å²) < 4.78 is 14.1. The summed E-state index contributed by atoms with van der Waals surface area (Å²) in [6.07, 6.45) is 0.713. The summed E-state index contributed by atoms with van der Waals surface area (Å²) >= 11 is 0. The average molecular weight is 428 g/mol. The highest BCUT2D eigenvalue weighted by Gasteiger charge is 2.55. The Morgan fingerprint density at radius 1 is 1.03 bits per heavy atom. The van der Waals surface area contributed by atoms with Crippen LogP contribution in [0.5, 0.6) is 0 Å². The Hall–Kier alpha value is -3.31. The van der Waals surface area contributed by atoms with Gasteiger partial charge in [0, 0.05) is 23.9 Å². The Bertz CT molecular complexity index is 1210. The standard InChI is InChI=1S/C27H26FN3O/c1-18-23(20-8-4-3-5-9-20)12-7-13-24(18)25-17-29-15-14-27(25)19(2)30-26(32)31(27)22-11-6-10-21(28)16-22/h3-13,16,25,29H,14-15,17H2,1-2H3. The predicted octanol–water partition coefficient (Wildman–Crippen LogP) is 5.72. The number of aliphatic imine (C=N–C) groups is 1. The first kappa shape index (κ1) is 20.6. The van der Waals surface area contributed by atoms with Gasteiger partial charge in [0.2, 0.25) is 0 Å². The molecule has 5 rings (SSSR count). The Balaban J connectivity index is 1.67. The number of hydrogen-bond acceptors (Lipinski definition) is 2. The first-order chi connectivity index (χ1) is 15.5. The van der Waals surface area contributed by atoms with Gasteiger partial charge >= 0.3 is 6.03 Å². The molecule has 0 radical (unpaired) electrons. The van der Waals surface area contributed by atoms with E-state index in [4.69, 9.17) is 0 Å². The van der Waals surface area contributed by atoms with Crippen LogP contribution < -0.4 is 10.2 Å². The van der Waals surface area contributed by atoms with Crippen molar-refractivity contribution in [1.29, 1.82) is 0 Å². The van der Waals surface area contributed by atoms with E-state index in [1.807, 2.05) is 25.1 Å². The largest absolute Gasteiger partial charge is 0.348 e. The van der Waals surface area contributed by atoms with Gasteiger partial charge in [-0.15, -0.1) is 0 Å². The first-order valence-electron chi connectivity index (χ1n) is 11.0. The van der Waals surface area contributed by atoms with Gasteiger partial charge in [-0.25, -0.2) is 14.2 Å². The normalized spacial score (nSPS) is 23.0. The van der Waals surface area contributed by atoms with Crippen LogP contribution in [0.2, 0.25) is 0 Å². The van der Waals surface area contributed by atoms with Gasteiger partial charge in [0.25, 0.3) is 0 Å². The number of urea groups is 1. The summed E-state index contributed by atoms with van der Waals surface area (Å²) in [5.74, 6) is -0.374. The van der Waals surface area contributed by atoms with Crippen LogP contribution in [0.3, 0.4) is 0 Å². The zero-order valence-electron chi connectivity index (χ0n) is 18.3. The highest BCUT2D eigenvalue weighted by Crippen LogP contribution is 2.46. The van der Waals surface area contributed by atoms with Crippen molar-refractivity contribution < 1.29 is 9.18 Å². The molecule has 3 aromatic rings. The van der Waals surface area contributed by atoms with E-state index in [0.29, 0.717) is 18.7 Å². The second-order valence-corrected chi connectivity index (χ2v) is 8.61. The van der Waals surface area contributed by atoms with Crippen molar-refractivity contribution in [3.8, 4) is 11.1 Å². The van der Waals surface area contributed by atoms with Gasteiger partial charge in [0.1, 0.15) is 5.82 Å². The topological polar surface area (TPSA) is 44.7 Å². The van der Waals surface area contributed by atoms with Gasteiger partial charge in [-0.2, -0.15) is 0 Å². The molecule has 162 valence electrons. The van der Waals surface area contributed by atoms with E-state index >= 15 is 0 Å². The van der Waals surface area contributed by atoms with Crippen LogP contribution in [-0.2, 0) is 0 Å². The fourth-order valence-corrected chi connectivity index (χ4v) is 5.48. The summed E-state index contributed by atoms with van der Waals surface area (Å²) in [6.45, 7) is 5.56. The molecule has 0 aliphatic carbocycles. The zero-order valence-corrected chi connectivity index (χ0v) is 18.3. The fourth-order valence-electron chi connectivity index (χ4n) is 5.48. The third-order valence-electron chi connectivity index (χ3n) is 6.99. The van der Waals surface area contributed by atoms with E-state index in [2.05, 4.69) is 47.6 Å². The van der Waals surface area contributed by atoms with Crippen molar-refractivity contribution in [1.82, 2.24) is 5.32 Å². The fraction of sp³-hybridized carbons (Fsp3) is 0.259. The minimum atomic E-state index is -0.629. The third kappa shape index (κ3) is 3.16. The molecule has 2 atom stereocenters. The van der Waals surface area contributed by atoms with E-state index in [1.54, 1.807) is 17.0 Å². The van der Waals surface area contributed by atoms with E-state index in [9.17, 15) is 9.18 Å². The third-order valence-corrected chi connectivity index (χ3v) is 6.99. The molecule has 0 saturated carbocycles. The summed E-state index contributed by atoms with van der Waals surface area (Å²) in [4.78, 5) is 19.2. The molecule has 1 spiro atoms. The van der Waals surface area contributed by atoms with Gasteiger partial charge in [0.05, 0.1) is 5.54 Å². The van der Waals surface area contributed by atoms with Crippen LogP contribution in [0.1, 0.15) is 30.4 Å². The van der Waals surface area contributed by atoms with Crippen molar-refractivity contribution in [2.24, 2.45) is 4.99 Å². The van der Waals surface area contributed by atoms with E-state index in [-0.39, 0.29) is 17.8 Å². The van der Waals surface area contributed by atoms with E-state index in [0.717, 1.165) is 12.3 Å². The number of amides is 2. The molecule has 2 unspecified atom stereocenters. The number of carbonyl (C=O) groups is 1. The summed E-state index contributed by atoms with van der Waals surface area (Å²) in [6, 6.07) is 22.7. The molecule has 4 nitrogen and oxygen atoms in total. The SMILES string of the molecule is CC1=NC(=O)N(c2cccc(F)c2)C12CCNCC2c1cccc(-c2ccccc2)c1C. The molecule has 0 aromatic heterocycles. The number of benzene rings is 3. The lowest BCUT2D eigenvalue weighted by atomic mass is 9.69. The number of anilines is 1. The lowest BCUT2D eigenvalue weighted by Gasteiger charge is -2.48. The van der Waals surface area contributed by atoms with E-state index < -0.39 is 5.54 Å². The lowest BCUT2D eigenvalue weighted by molar-refractivity contribution is 0.247. The molecule has 2 aliphatic rings. The number of carbonyl (C=O) groups excluding carboxylic acids is 1. The molecular weight excluding hydrogens is 401 g/mol. The molecule has 5 heteroatoms. The quantitative estimate of drug-likeness (QED) is 0.581. The van der Waals surface area contributed by atoms with Gasteiger partial charge < -0.3 is 5.32 Å². The summed E-state index contributed by atoms with van der Waals surface area (Å²) in [5.41, 5.74) is 5.44. The minimum absolute atomic E-state index is 0.0154. The highest BCUT2D eigenvalue weighted by atomic mass is 19.1. The number of nitrogens with one attached hydrogen (secondary N) is 1. The molecule has 2 heterocycles. The second-order valence-electron chi connectivity index (χ2n) is 8.61. The van der Waals surface area contributed by atoms with Crippen LogP contribution in [0, 0.1) is 12.7 Å². The van der Waals surface area contributed by atoms with Gasteiger partial charge in [-0.1, -0.05) is 54.6 Å². The molecule has 3 aromatic carbocycles. The zero-order chi connectivity index (χ0) is 22.3. The Morgan fingerprint density at radius 2 is 1.81 bits per heavy atom. The van der Waals surface area contributed by atoms with Crippen LogP contribution in [-0.4, -0.2) is 30.4 Å². The smallest absolute Gasteiger partial charge is 0.316 e. The average Bonchev–Trinajstić information content (AvgIpc) is 3.04. The predicted molar refractivity (Wildman–Crippen MR) is 127 cm³/mol. The molecule has 1 saturated heterocycles. The van der Waals surface area contributed by atoms with Gasteiger partial charge in [0.15, 0.2) is 0 Å². The molecule has 0 bridgehead atoms. The van der Waals surface area contributed by atoms with Crippen molar-refractivity contribution in [2.75, 3.05) is 18.0 Å². The maximum absolute atomic E-state index is 14.1. The van der Waals surface area contributed by atoms with Crippen molar-refractivity contribution in [3.63, 3.8) is 0 Å². The molecule has 1 fully saturated rings. The first-order valence-corrected chi connectivity index (χ1v) is 11.0. The van der Waals surface area contributed by atoms with Crippen LogP contribution >= 0.6 is 0 Å². The van der Waals surface area contributed by atoms with Crippen LogP contribution in [0.4, 0.5) is 14.9 Å². The maximum Gasteiger partial charge on any atom is 0.348 e. The number of hydrogen-bond donors (Lipinski definition) is 1. The molecule has 32 heavy (non-hydrogen) atoms. The van der Waals surface area contributed by atoms with Crippen LogP contribution in [0.25, 0.3) is 11.1 Å². The number of rotatable bonds is 3. The van der Waals surface area contributed by atoms with Crippen molar-refractivity contribution >= 4 is 17.4 Å². The second kappa shape index (κ2) is 7.99. The van der Waals surface area contributed by atoms with Gasteiger partial charge in [-0.05, 0) is 67.3 Å². The summed E-state index contributed by atoms with van der Waals surface area (Å²) in [7, 11) is 0. The summed E-state index contributed by atoms with van der Waals surface area (Å²) in [5, 5.41) is 3.52. The molecule has 1 N–H and O–H groups in total. The lowest BCUT2D eigenvalue weighted by Crippen LogP contribution is -2.61. The number of halogens is 1. The number of nitrogens with zero attached hydrogens (tertiary/aromatic N) is 2. The molecule has 2 amide bonds. The Kier molecular flexibility index (Phi) is 5.14. The number of piperidine rings is 1. The Labute approximate surface area is 187 Å². The molecule has 2 aliphatic heterocycles. The minimum Gasteiger partial charge on any atom is -0.316 e. The highest BCUT2D eigenvalue weighted by molar-refractivity contribution is 6.16. The Morgan fingerprint density at radius 3 is 2.59 bits per heavy atom. The maximum atomic E-state index is 14.1. The van der Waals surface area contributed by atoms with Crippen molar-refractivity contribution in [2.45, 2.75) is 31.7 Å². The molecular formula is C27H26FN3O.